The van der Waals surface area contributed by atoms with E-state index in [4.69, 9.17) is 9.47 Å². The summed E-state index contributed by atoms with van der Waals surface area (Å²) < 4.78 is 9.97. The van der Waals surface area contributed by atoms with Crippen molar-refractivity contribution in [2.45, 2.75) is 6.42 Å². The Kier molecular flexibility index (Phi) is 7.66. The van der Waals surface area contributed by atoms with Crippen LogP contribution in [0.5, 0.6) is 5.75 Å². The molecule has 1 saturated heterocycles. The Balaban J connectivity index is 1.45. The standard InChI is InChI=1S/C22H28N4O5/c1-30-19-7-4-17(5-8-19)25-14-12-24(13-15-25)11-3-10-23-21-9-6-18(26(28)29)16-20(21)22(27)31-2/h4-9,16,23H,3,10-15H2,1-2H3. The number of nitro groups is 1. The first-order chi connectivity index (χ1) is 15.0. The lowest BCUT2D eigenvalue weighted by molar-refractivity contribution is -0.384. The van der Waals surface area contributed by atoms with Gasteiger partial charge in [-0.05, 0) is 43.3 Å². The summed E-state index contributed by atoms with van der Waals surface area (Å²) >= 11 is 0. The van der Waals surface area contributed by atoms with E-state index in [1.54, 1.807) is 13.2 Å². The SMILES string of the molecule is COC(=O)c1cc([N+](=O)[O-])ccc1NCCCN1CCN(c2ccc(OC)cc2)CC1. The Bertz CT molecular complexity index is 895. The Hall–Kier alpha value is -3.33. The minimum Gasteiger partial charge on any atom is -0.497 e. The number of carbonyl (C=O) groups is 1. The third kappa shape index (κ3) is 5.85. The molecule has 3 rings (SSSR count). The van der Waals surface area contributed by atoms with Crippen molar-refractivity contribution in [2.24, 2.45) is 0 Å². The van der Waals surface area contributed by atoms with Crippen LogP contribution in [0.1, 0.15) is 16.8 Å². The highest BCUT2D eigenvalue weighted by Gasteiger charge is 2.18. The summed E-state index contributed by atoms with van der Waals surface area (Å²) in [6, 6.07) is 12.3. The lowest BCUT2D eigenvalue weighted by Gasteiger charge is -2.36. The maximum atomic E-state index is 12.0. The van der Waals surface area contributed by atoms with Gasteiger partial charge in [0.15, 0.2) is 0 Å². The lowest BCUT2D eigenvalue weighted by atomic mass is 10.1. The van der Waals surface area contributed by atoms with Gasteiger partial charge in [-0.1, -0.05) is 0 Å². The number of ether oxygens (including phenoxy) is 2. The number of methoxy groups -OCH3 is 2. The number of non-ortho nitro benzene ring substituents is 1. The molecule has 1 heterocycles. The minimum absolute atomic E-state index is 0.138. The second-order valence-corrected chi connectivity index (χ2v) is 7.29. The fourth-order valence-electron chi connectivity index (χ4n) is 3.63. The molecule has 0 amide bonds. The Labute approximate surface area is 181 Å². The van der Waals surface area contributed by atoms with Crippen LogP contribution in [-0.4, -0.2) is 69.3 Å². The maximum absolute atomic E-state index is 12.0. The molecule has 0 bridgehead atoms. The normalized spacial score (nSPS) is 14.2. The van der Waals surface area contributed by atoms with Crippen LogP contribution in [-0.2, 0) is 4.74 Å². The zero-order valence-corrected chi connectivity index (χ0v) is 17.9. The molecule has 1 fully saturated rings. The highest BCUT2D eigenvalue weighted by molar-refractivity contribution is 5.96. The molecule has 0 saturated carbocycles. The van der Waals surface area contributed by atoms with Crippen molar-refractivity contribution in [3.8, 4) is 5.75 Å². The van der Waals surface area contributed by atoms with Crippen molar-refractivity contribution in [3.63, 3.8) is 0 Å². The third-order valence-electron chi connectivity index (χ3n) is 5.40. The maximum Gasteiger partial charge on any atom is 0.340 e. The fourth-order valence-corrected chi connectivity index (χ4v) is 3.63. The summed E-state index contributed by atoms with van der Waals surface area (Å²) in [5.74, 6) is 0.263. The van der Waals surface area contributed by atoms with Crippen molar-refractivity contribution in [3.05, 3.63) is 58.1 Å². The zero-order chi connectivity index (χ0) is 22.2. The number of nitrogens with one attached hydrogen (secondary N) is 1. The Morgan fingerprint density at radius 3 is 2.42 bits per heavy atom. The first-order valence-electron chi connectivity index (χ1n) is 10.2. The second-order valence-electron chi connectivity index (χ2n) is 7.29. The number of piperazine rings is 1. The van der Waals surface area contributed by atoms with Gasteiger partial charge in [-0.2, -0.15) is 0 Å². The van der Waals surface area contributed by atoms with Crippen LogP contribution in [0, 0.1) is 10.1 Å². The molecule has 31 heavy (non-hydrogen) atoms. The summed E-state index contributed by atoms with van der Waals surface area (Å²) in [6.45, 7) is 5.49. The first kappa shape index (κ1) is 22.4. The third-order valence-corrected chi connectivity index (χ3v) is 5.40. The molecule has 0 aliphatic carbocycles. The van der Waals surface area contributed by atoms with E-state index in [9.17, 15) is 14.9 Å². The van der Waals surface area contributed by atoms with E-state index in [1.807, 2.05) is 12.1 Å². The summed E-state index contributed by atoms with van der Waals surface area (Å²) in [7, 11) is 2.93. The van der Waals surface area contributed by atoms with Gasteiger partial charge >= 0.3 is 5.97 Å². The second kappa shape index (κ2) is 10.6. The van der Waals surface area contributed by atoms with E-state index >= 15 is 0 Å². The van der Waals surface area contributed by atoms with Crippen molar-refractivity contribution >= 4 is 23.0 Å². The Morgan fingerprint density at radius 1 is 1.10 bits per heavy atom. The Morgan fingerprint density at radius 2 is 1.81 bits per heavy atom. The molecular weight excluding hydrogens is 400 g/mol. The van der Waals surface area contributed by atoms with Gasteiger partial charge in [-0.3, -0.25) is 15.0 Å². The smallest absolute Gasteiger partial charge is 0.340 e. The van der Waals surface area contributed by atoms with Crippen molar-refractivity contribution < 1.29 is 19.2 Å². The van der Waals surface area contributed by atoms with Crippen LogP contribution in [0.2, 0.25) is 0 Å². The monoisotopic (exact) mass is 428 g/mol. The molecule has 0 spiro atoms. The molecule has 0 atom stereocenters. The summed E-state index contributed by atoms with van der Waals surface area (Å²) in [6.07, 6.45) is 0.889. The number of rotatable bonds is 9. The average Bonchev–Trinajstić information content (AvgIpc) is 2.81. The zero-order valence-electron chi connectivity index (χ0n) is 17.9. The molecule has 9 heteroatoms. The van der Waals surface area contributed by atoms with Gasteiger partial charge in [0.25, 0.3) is 5.69 Å². The molecule has 1 N–H and O–H groups in total. The van der Waals surface area contributed by atoms with E-state index in [-0.39, 0.29) is 11.3 Å². The molecule has 0 unspecified atom stereocenters. The topological polar surface area (TPSA) is 97.2 Å². The molecule has 1 aliphatic rings. The number of hydrogen-bond donors (Lipinski definition) is 1. The van der Waals surface area contributed by atoms with E-state index in [0.29, 0.717) is 12.2 Å². The van der Waals surface area contributed by atoms with Crippen LogP contribution in [0.4, 0.5) is 17.1 Å². The first-order valence-corrected chi connectivity index (χ1v) is 10.2. The predicted molar refractivity (Wildman–Crippen MR) is 119 cm³/mol. The van der Waals surface area contributed by atoms with Crippen LogP contribution < -0.4 is 15.0 Å². The minimum atomic E-state index is -0.596. The number of nitrogens with zero attached hydrogens (tertiary/aromatic N) is 3. The molecule has 0 radical (unpaired) electrons. The van der Waals surface area contributed by atoms with Gasteiger partial charge in [-0.25, -0.2) is 4.79 Å². The average molecular weight is 428 g/mol. The van der Waals surface area contributed by atoms with E-state index in [2.05, 4.69) is 27.2 Å². The molecule has 2 aromatic carbocycles. The number of carbonyl (C=O) groups excluding carboxylic acids is 1. The summed E-state index contributed by atoms with van der Waals surface area (Å²) in [5, 5.41) is 14.2. The molecule has 2 aromatic rings. The van der Waals surface area contributed by atoms with Crippen molar-refractivity contribution in [1.82, 2.24) is 4.90 Å². The van der Waals surface area contributed by atoms with E-state index < -0.39 is 10.9 Å². The highest BCUT2D eigenvalue weighted by atomic mass is 16.6. The summed E-state index contributed by atoms with van der Waals surface area (Å²) in [5.41, 5.74) is 1.78. The van der Waals surface area contributed by atoms with Crippen LogP contribution in [0.15, 0.2) is 42.5 Å². The van der Waals surface area contributed by atoms with Gasteiger partial charge in [0.05, 0.1) is 24.7 Å². The van der Waals surface area contributed by atoms with E-state index in [0.717, 1.165) is 44.9 Å². The van der Waals surface area contributed by atoms with E-state index in [1.165, 1.54) is 24.9 Å². The van der Waals surface area contributed by atoms with Gasteiger partial charge in [0.1, 0.15) is 5.75 Å². The van der Waals surface area contributed by atoms with Crippen molar-refractivity contribution in [2.75, 3.05) is 63.7 Å². The molecule has 1 aliphatic heterocycles. The van der Waals surface area contributed by atoms with Crippen LogP contribution >= 0.6 is 0 Å². The molecule has 166 valence electrons. The fraction of sp³-hybridized carbons (Fsp3) is 0.409. The number of nitro benzene ring substituents is 1. The number of anilines is 2. The largest absolute Gasteiger partial charge is 0.497 e. The molecule has 0 aromatic heterocycles. The summed E-state index contributed by atoms with van der Waals surface area (Å²) in [4.78, 5) is 27.2. The highest BCUT2D eigenvalue weighted by Crippen LogP contribution is 2.23. The number of esters is 1. The van der Waals surface area contributed by atoms with Crippen LogP contribution in [0.3, 0.4) is 0 Å². The van der Waals surface area contributed by atoms with Crippen molar-refractivity contribution in [1.29, 1.82) is 0 Å². The molecular formula is C22H28N4O5. The van der Waals surface area contributed by atoms with Gasteiger partial charge in [0, 0.05) is 56.2 Å². The van der Waals surface area contributed by atoms with Gasteiger partial charge < -0.3 is 19.7 Å². The quantitative estimate of drug-likeness (QED) is 0.282. The van der Waals surface area contributed by atoms with Gasteiger partial charge in [0.2, 0.25) is 0 Å². The number of benzene rings is 2. The van der Waals surface area contributed by atoms with Crippen LogP contribution in [0.25, 0.3) is 0 Å². The number of hydrogen-bond acceptors (Lipinski definition) is 8. The predicted octanol–water partition coefficient (Wildman–Crippen LogP) is 3.01. The van der Waals surface area contributed by atoms with Gasteiger partial charge in [-0.15, -0.1) is 0 Å². The lowest BCUT2D eigenvalue weighted by Crippen LogP contribution is -2.46. The molecule has 9 nitrogen and oxygen atoms in total.